The Bertz CT molecular complexity index is 632. The van der Waals surface area contributed by atoms with Crippen molar-refractivity contribution in [3.05, 3.63) is 39.0 Å². The number of nitrogens with zero attached hydrogens (tertiary/aromatic N) is 5. The predicted molar refractivity (Wildman–Crippen MR) is 69.3 cm³/mol. The Morgan fingerprint density at radius 1 is 1.26 bits per heavy atom. The van der Waals surface area contributed by atoms with Crippen molar-refractivity contribution in [3.63, 3.8) is 0 Å². The highest BCUT2D eigenvalue weighted by Crippen LogP contribution is 2.34. The normalized spacial score (nSPS) is 10.5. The number of nitro groups is 1. The van der Waals surface area contributed by atoms with E-state index in [-0.39, 0.29) is 15.9 Å². The Morgan fingerprint density at radius 2 is 1.89 bits per heavy atom. The summed E-state index contributed by atoms with van der Waals surface area (Å²) in [6, 6.07) is 1.81. The molecule has 2 rings (SSSR count). The lowest BCUT2D eigenvalue weighted by atomic mass is 10.4. The molecule has 2 aromatic rings. The van der Waals surface area contributed by atoms with Gasteiger partial charge in [-0.15, -0.1) is 0 Å². The van der Waals surface area contributed by atoms with Gasteiger partial charge in [0.05, 0.1) is 4.92 Å². The van der Waals surface area contributed by atoms with Crippen LogP contribution in [0.3, 0.4) is 0 Å². The van der Waals surface area contributed by atoms with Gasteiger partial charge in [-0.3, -0.25) is 10.1 Å². The van der Waals surface area contributed by atoms with Gasteiger partial charge in [-0.05, 0) is 31.7 Å². The predicted octanol–water partition coefficient (Wildman–Crippen LogP) is 2.60. The molecule has 0 N–H and O–H groups in total. The van der Waals surface area contributed by atoms with Gasteiger partial charge in [-0.2, -0.15) is 0 Å². The summed E-state index contributed by atoms with van der Waals surface area (Å²) in [5.74, 6) is 0. The molecular weight excluding hydrogens is 290 g/mol. The number of rotatable bonds is 3. The van der Waals surface area contributed by atoms with Crippen molar-refractivity contribution in [2.24, 2.45) is 0 Å². The zero-order chi connectivity index (χ0) is 14.0. The summed E-state index contributed by atoms with van der Waals surface area (Å²) in [4.78, 5) is 26.2. The molecule has 2 heterocycles. The van der Waals surface area contributed by atoms with Gasteiger partial charge in [0.1, 0.15) is 6.33 Å². The molecule has 0 aliphatic carbocycles. The number of aryl methyl sites for hydroxylation is 2. The lowest BCUT2D eigenvalue weighted by Gasteiger charge is -2.03. The zero-order valence-corrected chi connectivity index (χ0v) is 11.6. The molecule has 0 bridgehead atoms. The average Bonchev–Trinajstić information content (AvgIpc) is 2.26. The molecule has 7 nitrogen and oxygen atoms in total. The van der Waals surface area contributed by atoms with Crippen molar-refractivity contribution in [3.8, 4) is 0 Å². The molecule has 0 amide bonds. The third kappa shape index (κ3) is 3.15. The average molecular weight is 298 g/mol. The highest BCUT2D eigenvalue weighted by molar-refractivity contribution is 7.99. The van der Waals surface area contributed by atoms with Crippen LogP contribution in [0.5, 0.6) is 0 Å². The Hall–Kier alpha value is -1.80. The van der Waals surface area contributed by atoms with Crippen LogP contribution in [0.15, 0.2) is 22.6 Å². The summed E-state index contributed by atoms with van der Waals surface area (Å²) in [5, 5.41) is 11.3. The molecule has 0 saturated carbocycles. The Labute approximate surface area is 117 Å². The van der Waals surface area contributed by atoms with Crippen LogP contribution in [0, 0.1) is 24.0 Å². The number of halogens is 1. The molecule has 2 aromatic heterocycles. The third-order valence-electron chi connectivity index (χ3n) is 2.08. The maximum Gasteiger partial charge on any atom is 0.338 e. The van der Waals surface area contributed by atoms with Crippen LogP contribution in [-0.2, 0) is 0 Å². The van der Waals surface area contributed by atoms with E-state index in [1.165, 1.54) is 6.33 Å². The molecule has 0 aromatic carbocycles. The van der Waals surface area contributed by atoms with Gasteiger partial charge in [-0.25, -0.2) is 19.9 Å². The van der Waals surface area contributed by atoms with E-state index in [1.54, 1.807) is 0 Å². The first-order valence-corrected chi connectivity index (χ1v) is 6.32. The Balaban J connectivity index is 2.43. The minimum Gasteiger partial charge on any atom is -0.258 e. The molecule has 98 valence electrons. The molecule has 9 heteroatoms. The smallest absolute Gasteiger partial charge is 0.258 e. The minimum absolute atomic E-state index is 0.120. The molecule has 19 heavy (non-hydrogen) atoms. The SMILES string of the molecule is Cc1cc(C)nc(Sc2ncnc(Cl)c2[N+](=O)[O-])n1. The molecular formula is C10H8ClN5O2S. The van der Waals surface area contributed by atoms with Crippen molar-refractivity contribution in [1.29, 1.82) is 0 Å². The van der Waals surface area contributed by atoms with E-state index in [1.807, 2.05) is 19.9 Å². The number of aromatic nitrogens is 4. The summed E-state index contributed by atoms with van der Waals surface area (Å²) >= 11 is 6.69. The van der Waals surface area contributed by atoms with Crippen molar-refractivity contribution in [1.82, 2.24) is 19.9 Å². The van der Waals surface area contributed by atoms with Gasteiger partial charge in [0.25, 0.3) is 0 Å². The molecule has 0 spiro atoms. The van der Waals surface area contributed by atoms with Crippen LogP contribution in [0.1, 0.15) is 11.4 Å². The Kier molecular flexibility index (Phi) is 3.91. The lowest BCUT2D eigenvalue weighted by molar-refractivity contribution is -0.388. The molecule has 0 fully saturated rings. The van der Waals surface area contributed by atoms with Crippen molar-refractivity contribution < 1.29 is 4.92 Å². The van der Waals surface area contributed by atoms with Gasteiger partial charge in [0.2, 0.25) is 5.15 Å². The zero-order valence-electron chi connectivity index (χ0n) is 9.99. The van der Waals surface area contributed by atoms with Crippen molar-refractivity contribution in [2.45, 2.75) is 24.0 Å². The van der Waals surface area contributed by atoms with Crippen LogP contribution in [0.4, 0.5) is 5.69 Å². The van der Waals surface area contributed by atoms with Gasteiger partial charge in [0, 0.05) is 11.4 Å². The van der Waals surface area contributed by atoms with Crippen molar-refractivity contribution in [2.75, 3.05) is 0 Å². The van der Waals surface area contributed by atoms with Crippen LogP contribution in [-0.4, -0.2) is 24.9 Å². The standard InChI is InChI=1S/C10H8ClN5O2S/c1-5-3-6(2)15-10(14-5)19-9-7(16(17)18)8(11)12-4-13-9/h3-4H,1-2H3. The van der Waals surface area contributed by atoms with Gasteiger partial charge >= 0.3 is 5.69 Å². The second kappa shape index (κ2) is 5.45. The highest BCUT2D eigenvalue weighted by atomic mass is 35.5. The largest absolute Gasteiger partial charge is 0.338 e. The van der Waals surface area contributed by atoms with E-state index in [0.717, 1.165) is 23.1 Å². The second-order valence-electron chi connectivity index (χ2n) is 3.61. The summed E-state index contributed by atoms with van der Waals surface area (Å²) < 4.78 is 0. The summed E-state index contributed by atoms with van der Waals surface area (Å²) in [7, 11) is 0. The number of hydrogen-bond acceptors (Lipinski definition) is 7. The first kappa shape index (κ1) is 13.6. The van der Waals surface area contributed by atoms with Crippen LogP contribution in [0.2, 0.25) is 5.15 Å². The number of hydrogen-bond donors (Lipinski definition) is 0. The lowest BCUT2D eigenvalue weighted by Crippen LogP contribution is -1.98. The molecule has 0 radical (unpaired) electrons. The first-order chi connectivity index (χ1) is 8.97. The molecule has 0 aliphatic rings. The topological polar surface area (TPSA) is 94.7 Å². The van der Waals surface area contributed by atoms with E-state index in [2.05, 4.69) is 19.9 Å². The minimum atomic E-state index is -0.618. The third-order valence-corrected chi connectivity index (χ3v) is 3.21. The highest BCUT2D eigenvalue weighted by Gasteiger charge is 2.23. The monoisotopic (exact) mass is 297 g/mol. The van der Waals surface area contributed by atoms with E-state index >= 15 is 0 Å². The Morgan fingerprint density at radius 3 is 2.47 bits per heavy atom. The van der Waals surface area contributed by atoms with E-state index in [4.69, 9.17) is 11.6 Å². The summed E-state index contributed by atoms with van der Waals surface area (Å²) in [6.45, 7) is 3.64. The quantitative estimate of drug-likeness (QED) is 0.372. The molecule has 0 atom stereocenters. The maximum absolute atomic E-state index is 11.0. The van der Waals surface area contributed by atoms with Gasteiger partial charge in [-0.1, -0.05) is 11.6 Å². The van der Waals surface area contributed by atoms with Gasteiger partial charge < -0.3 is 0 Å². The van der Waals surface area contributed by atoms with Crippen LogP contribution in [0.25, 0.3) is 0 Å². The summed E-state index contributed by atoms with van der Waals surface area (Å²) in [5.41, 5.74) is 1.22. The summed E-state index contributed by atoms with van der Waals surface area (Å²) in [6.07, 6.45) is 1.17. The van der Waals surface area contributed by atoms with E-state index in [9.17, 15) is 10.1 Å². The fourth-order valence-electron chi connectivity index (χ4n) is 1.40. The van der Waals surface area contributed by atoms with Gasteiger partial charge in [0.15, 0.2) is 10.2 Å². The molecule has 0 unspecified atom stereocenters. The second-order valence-corrected chi connectivity index (χ2v) is 4.92. The van der Waals surface area contributed by atoms with E-state index in [0.29, 0.717) is 5.16 Å². The van der Waals surface area contributed by atoms with Crippen LogP contribution >= 0.6 is 23.4 Å². The molecule has 0 aliphatic heterocycles. The molecule has 0 saturated heterocycles. The van der Waals surface area contributed by atoms with Crippen LogP contribution < -0.4 is 0 Å². The van der Waals surface area contributed by atoms with Crippen molar-refractivity contribution >= 4 is 29.1 Å². The first-order valence-electron chi connectivity index (χ1n) is 5.12. The maximum atomic E-state index is 11.0. The van der Waals surface area contributed by atoms with E-state index < -0.39 is 4.92 Å². The fourth-order valence-corrected chi connectivity index (χ4v) is 2.57. The fraction of sp³-hybridized carbons (Fsp3) is 0.200.